The normalized spacial score (nSPS) is 16.5. The van der Waals surface area contributed by atoms with Crippen molar-refractivity contribution in [1.29, 1.82) is 0 Å². The fraction of sp³-hybridized carbons (Fsp3) is 0.214. The minimum Gasteiger partial charge on any atom is -0.496 e. The molecule has 2 aliphatic heterocycles. The highest BCUT2D eigenvalue weighted by molar-refractivity contribution is 6.45. The zero-order chi connectivity index (χ0) is 23.7. The third kappa shape index (κ3) is 3.81. The molecule has 0 radical (unpaired) electrons. The molecule has 2 aliphatic rings. The van der Waals surface area contributed by atoms with Crippen LogP contribution in [0.2, 0.25) is 0 Å². The standard InChI is InChI=1S/C28H27N3O3/c1-20-9-8-12-22(19-20)29-15-17-30(18-16-29)26-25(23-13-6-7-14-24(23)34-2)27(32)31(28(26)33)21-10-4-3-5-11-21/h3-14,19H,15-18H2,1-2H3. The van der Waals surface area contributed by atoms with Gasteiger partial charge < -0.3 is 14.5 Å². The molecule has 6 nitrogen and oxygen atoms in total. The first-order chi connectivity index (χ1) is 16.6. The molecule has 0 unspecified atom stereocenters. The van der Waals surface area contributed by atoms with E-state index in [0.717, 1.165) is 13.1 Å². The van der Waals surface area contributed by atoms with Crippen molar-refractivity contribution in [1.82, 2.24) is 4.90 Å². The summed E-state index contributed by atoms with van der Waals surface area (Å²) >= 11 is 0. The van der Waals surface area contributed by atoms with Gasteiger partial charge in [0.1, 0.15) is 11.4 Å². The van der Waals surface area contributed by atoms with E-state index in [1.54, 1.807) is 19.2 Å². The molecule has 0 N–H and O–H groups in total. The van der Waals surface area contributed by atoms with Crippen molar-refractivity contribution in [3.05, 3.63) is 95.7 Å². The van der Waals surface area contributed by atoms with Gasteiger partial charge in [-0.05, 0) is 42.8 Å². The number of carbonyl (C=O) groups excluding carboxylic acids is 2. The Morgan fingerprint density at radius 3 is 2.06 bits per heavy atom. The van der Waals surface area contributed by atoms with Gasteiger partial charge in [0.2, 0.25) is 0 Å². The van der Waals surface area contributed by atoms with E-state index in [4.69, 9.17) is 4.74 Å². The van der Waals surface area contributed by atoms with Crippen LogP contribution in [0.25, 0.3) is 5.57 Å². The number of hydrogen-bond donors (Lipinski definition) is 0. The van der Waals surface area contributed by atoms with Crippen molar-refractivity contribution in [2.45, 2.75) is 6.92 Å². The molecule has 0 saturated carbocycles. The third-order valence-electron chi connectivity index (χ3n) is 6.41. The van der Waals surface area contributed by atoms with Gasteiger partial charge in [-0.3, -0.25) is 9.59 Å². The first-order valence-corrected chi connectivity index (χ1v) is 11.5. The predicted molar refractivity (Wildman–Crippen MR) is 134 cm³/mol. The average molecular weight is 454 g/mol. The van der Waals surface area contributed by atoms with Crippen LogP contribution in [0, 0.1) is 6.92 Å². The summed E-state index contributed by atoms with van der Waals surface area (Å²) in [4.78, 5) is 33.1. The van der Waals surface area contributed by atoms with Crippen LogP contribution in [0.4, 0.5) is 11.4 Å². The van der Waals surface area contributed by atoms with Crippen molar-refractivity contribution in [2.75, 3.05) is 43.1 Å². The highest BCUT2D eigenvalue weighted by Crippen LogP contribution is 2.38. The zero-order valence-electron chi connectivity index (χ0n) is 19.4. The molecule has 0 aliphatic carbocycles. The van der Waals surface area contributed by atoms with Crippen LogP contribution in [0.1, 0.15) is 11.1 Å². The summed E-state index contributed by atoms with van der Waals surface area (Å²) in [5, 5.41) is 0. The number of ether oxygens (including phenoxy) is 1. The first-order valence-electron chi connectivity index (χ1n) is 11.5. The second-order valence-corrected chi connectivity index (χ2v) is 8.52. The van der Waals surface area contributed by atoms with Crippen LogP contribution in [0.5, 0.6) is 5.75 Å². The first kappa shape index (κ1) is 21.8. The average Bonchev–Trinajstić information content (AvgIpc) is 3.14. The summed E-state index contributed by atoms with van der Waals surface area (Å²) in [6.07, 6.45) is 0. The zero-order valence-corrected chi connectivity index (χ0v) is 19.4. The lowest BCUT2D eigenvalue weighted by Crippen LogP contribution is -2.47. The van der Waals surface area contributed by atoms with Crippen LogP contribution in [0.3, 0.4) is 0 Å². The van der Waals surface area contributed by atoms with E-state index < -0.39 is 0 Å². The van der Waals surface area contributed by atoms with E-state index in [-0.39, 0.29) is 11.8 Å². The Labute approximate surface area is 199 Å². The molecule has 34 heavy (non-hydrogen) atoms. The number of piperazine rings is 1. The number of para-hydroxylation sites is 2. The number of aryl methyl sites for hydroxylation is 1. The van der Waals surface area contributed by atoms with Crippen LogP contribution in [-0.2, 0) is 9.59 Å². The summed E-state index contributed by atoms with van der Waals surface area (Å²) < 4.78 is 5.56. The number of benzene rings is 3. The SMILES string of the molecule is COc1ccccc1C1=C(N2CCN(c3cccc(C)c3)CC2)C(=O)N(c2ccccc2)C1=O. The van der Waals surface area contributed by atoms with Crippen molar-refractivity contribution in [3.63, 3.8) is 0 Å². The Morgan fingerprint density at radius 2 is 1.35 bits per heavy atom. The maximum atomic E-state index is 13.7. The topological polar surface area (TPSA) is 53.1 Å². The molecular formula is C28H27N3O3. The predicted octanol–water partition coefficient (Wildman–Crippen LogP) is 4.11. The van der Waals surface area contributed by atoms with Gasteiger partial charge in [0.25, 0.3) is 11.8 Å². The van der Waals surface area contributed by atoms with Gasteiger partial charge in [-0.25, -0.2) is 4.90 Å². The maximum Gasteiger partial charge on any atom is 0.282 e. The van der Waals surface area contributed by atoms with Gasteiger partial charge in [-0.1, -0.05) is 48.5 Å². The Kier molecular flexibility index (Phi) is 5.80. The lowest BCUT2D eigenvalue weighted by Gasteiger charge is -2.37. The van der Waals surface area contributed by atoms with E-state index in [1.807, 2.05) is 42.5 Å². The minimum atomic E-state index is -0.322. The van der Waals surface area contributed by atoms with Gasteiger partial charge in [0, 0.05) is 37.4 Å². The third-order valence-corrected chi connectivity index (χ3v) is 6.41. The number of methoxy groups -OCH3 is 1. The summed E-state index contributed by atoms with van der Waals surface area (Å²) in [7, 11) is 1.58. The van der Waals surface area contributed by atoms with Crippen molar-refractivity contribution < 1.29 is 14.3 Å². The van der Waals surface area contributed by atoms with Gasteiger partial charge >= 0.3 is 0 Å². The highest BCUT2D eigenvalue weighted by Gasteiger charge is 2.43. The smallest absolute Gasteiger partial charge is 0.282 e. The van der Waals surface area contributed by atoms with E-state index >= 15 is 0 Å². The van der Waals surface area contributed by atoms with E-state index in [1.165, 1.54) is 16.2 Å². The highest BCUT2D eigenvalue weighted by atomic mass is 16.5. The molecule has 0 atom stereocenters. The number of rotatable bonds is 5. The Bertz CT molecular complexity index is 1260. The number of carbonyl (C=O) groups is 2. The van der Waals surface area contributed by atoms with Gasteiger partial charge in [-0.2, -0.15) is 0 Å². The maximum absolute atomic E-state index is 13.7. The number of nitrogens with zero attached hydrogens (tertiary/aromatic N) is 3. The fourth-order valence-electron chi connectivity index (χ4n) is 4.73. The molecule has 6 heteroatoms. The molecule has 1 fully saturated rings. The number of amides is 2. The summed E-state index contributed by atoms with van der Waals surface area (Å²) in [6, 6.07) is 24.9. The Hall–Kier alpha value is -4.06. The molecule has 3 aromatic carbocycles. The van der Waals surface area contributed by atoms with Crippen molar-refractivity contribution in [3.8, 4) is 5.75 Å². The molecule has 0 aromatic heterocycles. The van der Waals surface area contributed by atoms with Crippen LogP contribution in [-0.4, -0.2) is 50.0 Å². The number of imide groups is 1. The second kappa shape index (κ2) is 9.06. The quantitative estimate of drug-likeness (QED) is 0.544. The molecule has 0 bridgehead atoms. The lowest BCUT2D eigenvalue weighted by molar-refractivity contribution is -0.120. The summed E-state index contributed by atoms with van der Waals surface area (Å²) in [6.45, 7) is 4.90. The van der Waals surface area contributed by atoms with Crippen molar-refractivity contribution in [2.24, 2.45) is 0 Å². The number of anilines is 2. The molecule has 5 rings (SSSR count). The van der Waals surface area contributed by atoms with Crippen LogP contribution >= 0.6 is 0 Å². The van der Waals surface area contributed by atoms with Crippen LogP contribution in [0.15, 0.2) is 84.6 Å². The number of hydrogen-bond acceptors (Lipinski definition) is 5. The molecule has 1 saturated heterocycles. The Morgan fingerprint density at radius 1 is 0.706 bits per heavy atom. The Balaban J connectivity index is 1.52. The monoisotopic (exact) mass is 453 g/mol. The molecule has 0 spiro atoms. The molecule has 172 valence electrons. The minimum absolute atomic E-state index is 0.291. The lowest BCUT2D eigenvalue weighted by atomic mass is 10.0. The second-order valence-electron chi connectivity index (χ2n) is 8.52. The summed E-state index contributed by atoms with van der Waals surface area (Å²) in [5.74, 6) is -0.0395. The van der Waals surface area contributed by atoms with Crippen LogP contribution < -0.4 is 14.5 Å². The molecule has 2 amide bonds. The largest absolute Gasteiger partial charge is 0.496 e. The van der Waals surface area contributed by atoms with Gasteiger partial charge in [0.05, 0.1) is 18.4 Å². The van der Waals surface area contributed by atoms with E-state index in [0.29, 0.717) is 41.4 Å². The van der Waals surface area contributed by atoms with E-state index in [2.05, 4.69) is 41.0 Å². The van der Waals surface area contributed by atoms with E-state index in [9.17, 15) is 9.59 Å². The molecule has 3 aromatic rings. The molecular weight excluding hydrogens is 426 g/mol. The summed E-state index contributed by atoms with van der Waals surface area (Å²) in [5.41, 5.74) is 4.45. The van der Waals surface area contributed by atoms with Gasteiger partial charge in [0.15, 0.2) is 0 Å². The van der Waals surface area contributed by atoms with Gasteiger partial charge in [-0.15, -0.1) is 0 Å². The van der Waals surface area contributed by atoms with Crippen molar-refractivity contribution >= 4 is 28.8 Å². The molecule has 2 heterocycles. The fourth-order valence-corrected chi connectivity index (χ4v) is 4.73.